The lowest BCUT2D eigenvalue weighted by atomic mass is 10.2. The van der Waals surface area contributed by atoms with E-state index in [-0.39, 0.29) is 0 Å². The molecule has 2 rings (SSSR count). The normalized spacial score (nSPS) is 14.7. The van der Waals surface area contributed by atoms with Crippen LogP contribution in [0.4, 0.5) is 5.82 Å². The smallest absolute Gasteiger partial charge is 0.129 e. The van der Waals surface area contributed by atoms with E-state index >= 15 is 0 Å². The molecule has 1 aromatic rings. The molecule has 1 aromatic heterocycles. The fraction of sp³-hybridized carbons (Fsp3) is 0.286. The quantitative estimate of drug-likeness (QED) is 0.547. The van der Waals surface area contributed by atoms with Crippen molar-refractivity contribution in [2.45, 2.75) is 6.42 Å². The van der Waals surface area contributed by atoms with Gasteiger partial charge in [0.2, 0.25) is 0 Å². The first kappa shape index (κ1) is 4.79. The third kappa shape index (κ3) is 0.669. The maximum Gasteiger partial charge on any atom is 0.129 e. The minimum absolute atomic E-state index is 1.03. The zero-order valence-electron chi connectivity index (χ0n) is 5.02. The summed E-state index contributed by atoms with van der Waals surface area (Å²) in [6.07, 6.45) is 2.79. The summed E-state index contributed by atoms with van der Waals surface area (Å²) in [5, 5.41) is 3.17. The molecule has 0 bridgehead atoms. The van der Waals surface area contributed by atoms with Gasteiger partial charge in [0, 0.05) is 18.8 Å². The summed E-state index contributed by atoms with van der Waals surface area (Å²) in [6, 6.07) is 4.93. The minimum Gasteiger partial charge on any atom is -0.370 e. The molecule has 1 N–H and O–H groups in total. The Bertz CT molecular complexity index is 197. The Balaban J connectivity index is 2.54. The Morgan fingerprint density at radius 2 is 2.67 bits per heavy atom. The number of hydrogen-bond acceptors (Lipinski definition) is 2. The molecule has 0 aromatic carbocycles. The van der Waals surface area contributed by atoms with Gasteiger partial charge >= 0.3 is 0 Å². The molecule has 0 saturated carbocycles. The van der Waals surface area contributed by atoms with Crippen LogP contribution in [0.2, 0.25) is 0 Å². The van der Waals surface area contributed by atoms with E-state index < -0.39 is 0 Å². The average Bonchev–Trinajstić information content (AvgIpc) is 2.33. The van der Waals surface area contributed by atoms with Gasteiger partial charge in [-0.15, -0.1) is 0 Å². The monoisotopic (exact) mass is 119 g/mol. The lowest BCUT2D eigenvalue weighted by Crippen LogP contribution is -1.92. The predicted molar refractivity (Wildman–Crippen MR) is 35.3 cm³/mol. The Morgan fingerprint density at radius 3 is 3.56 bits per heavy atom. The summed E-state index contributed by atoms with van der Waals surface area (Å²) < 4.78 is 0. The molecular formula is C7H7N2. The van der Waals surface area contributed by atoms with Crippen molar-refractivity contribution in [2.24, 2.45) is 0 Å². The van der Waals surface area contributed by atoms with Gasteiger partial charge in [0.05, 0.1) is 0 Å². The molecule has 0 aliphatic carbocycles. The molecule has 1 radical (unpaired) electrons. The number of nitrogens with one attached hydrogen (secondary N) is 1. The van der Waals surface area contributed by atoms with Gasteiger partial charge in [-0.3, -0.25) is 0 Å². The van der Waals surface area contributed by atoms with Crippen molar-refractivity contribution in [3.8, 4) is 0 Å². The molecule has 0 spiro atoms. The van der Waals surface area contributed by atoms with Crippen molar-refractivity contribution < 1.29 is 0 Å². The van der Waals surface area contributed by atoms with E-state index in [0.29, 0.717) is 0 Å². The van der Waals surface area contributed by atoms with Crippen LogP contribution in [0, 0.1) is 6.07 Å². The van der Waals surface area contributed by atoms with E-state index in [1.807, 2.05) is 6.07 Å². The van der Waals surface area contributed by atoms with E-state index in [2.05, 4.69) is 16.4 Å². The molecule has 1 aliphatic rings. The van der Waals surface area contributed by atoms with Crippen LogP contribution in [0.3, 0.4) is 0 Å². The molecular weight excluding hydrogens is 112 g/mol. The molecule has 2 heterocycles. The van der Waals surface area contributed by atoms with Crippen molar-refractivity contribution in [3.05, 3.63) is 23.9 Å². The highest BCUT2D eigenvalue weighted by atomic mass is 15.0. The van der Waals surface area contributed by atoms with E-state index in [0.717, 1.165) is 18.8 Å². The number of pyridine rings is 1. The van der Waals surface area contributed by atoms with Gasteiger partial charge in [-0.25, -0.2) is 4.98 Å². The Morgan fingerprint density at radius 1 is 1.67 bits per heavy atom. The van der Waals surface area contributed by atoms with Crippen LogP contribution in [-0.2, 0) is 6.42 Å². The van der Waals surface area contributed by atoms with E-state index in [4.69, 9.17) is 0 Å². The Labute approximate surface area is 53.9 Å². The molecule has 2 heteroatoms. The van der Waals surface area contributed by atoms with E-state index in [1.54, 1.807) is 6.20 Å². The summed E-state index contributed by atoms with van der Waals surface area (Å²) >= 11 is 0. The molecule has 45 valence electrons. The van der Waals surface area contributed by atoms with Crippen LogP contribution in [-0.4, -0.2) is 11.5 Å². The Hall–Kier alpha value is -1.05. The maximum absolute atomic E-state index is 4.09. The second kappa shape index (κ2) is 1.72. The van der Waals surface area contributed by atoms with Crippen LogP contribution in [0.15, 0.2) is 12.3 Å². The number of aromatic nitrogens is 1. The van der Waals surface area contributed by atoms with Crippen LogP contribution in [0.5, 0.6) is 0 Å². The summed E-state index contributed by atoms with van der Waals surface area (Å²) in [7, 11) is 0. The number of nitrogens with zero attached hydrogens (tertiary/aromatic N) is 1. The second-order valence-corrected chi connectivity index (χ2v) is 2.12. The van der Waals surface area contributed by atoms with Crippen molar-refractivity contribution in [1.29, 1.82) is 0 Å². The number of anilines is 1. The lowest BCUT2D eigenvalue weighted by molar-refractivity contribution is 1.11. The molecule has 9 heavy (non-hydrogen) atoms. The zero-order chi connectivity index (χ0) is 6.10. The third-order valence-corrected chi connectivity index (χ3v) is 1.52. The second-order valence-electron chi connectivity index (χ2n) is 2.12. The standard InChI is InChI=1S/C7H7N2/c1-2-6-3-5-9-7(6)8-4-1/h2,4H,3,5H2,(H,8,9). The molecule has 2 nitrogen and oxygen atoms in total. The first-order valence-corrected chi connectivity index (χ1v) is 3.05. The van der Waals surface area contributed by atoms with E-state index in [9.17, 15) is 0 Å². The predicted octanol–water partition coefficient (Wildman–Crippen LogP) is 0.850. The fourth-order valence-electron chi connectivity index (χ4n) is 1.06. The zero-order valence-corrected chi connectivity index (χ0v) is 5.02. The van der Waals surface area contributed by atoms with Gasteiger partial charge in [-0.05, 0) is 18.1 Å². The van der Waals surface area contributed by atoms with Gasteiger partial charge in [0.25, 0.3) is 0 Å². The highest BCUT2D eigenvalue weighted by Gasteiger charge is 2.07. The Kier molecular flexibility index (Phi) is 0.918. The number of rotatable bonds is 0. The molecule has 0 fully saturated rings. The highest BCUT2D eigenvalue weighted by molar-refractivity contribution is 5.47. The molecule has 0 amide bonds. The highest BCUT2D eigenvalue weighted by Crippen LogP contribution is 2.16. The van der Waals surface area contributed by atoms with Crippen LogP contribution in [0.25, 0.3) is 0 Å². The summed E-state index contributed by atoms with van der Waals surface area (Å²) in [6.45, 7) is 1.03. The van der Waals surface area contributed by atoms with Gasteiger partial charge in [-0.1, -0.05) is 0 Å². The van der Waals surface area contributed by atoms with Gasteiger partial charge in [0.1, 0.15) is 5.82 Å². The van der Waals surface area contributed by atoms with Crippen molar-refractivity contribution in [1.82, 2.24) is 4.98 Å². The largest absolute Gasteiger partial charge is 0.370 e. The maximum atomic E-state index is 4.09. The molecule has 1 aliphatic heterocycles. The minimum atomic E-state index is 1.03. The summed E-state index contributed by atoms with van der Waals surface area (Å²) in [4.78, 5) is 4.09. The first-order valence-electron chi connectivity index (χ1n) is 3.05. The third-order valence-electron chi connectivity index (χ3n) is 1.52. The van der Waals surface area contributed by atoms with Crippen LogP contribution >= 0.6 is 0 Å². The SMILES string of the molecule is [c]1cnc2c(c1)CCN2. The van der Waals surface area contributed by atoms with Gasteiger partial charge in [-0.2, -0.15) is 0 Å². The fourth-order valence-corrected chi connectivity index (χ4v) is 1.06. The van der Waals surface area contributed by atoms with Crippen molar-refractivity contribution in [3.63, 3.8) is 0 Å². The summed E-state index contributed by atoms with van der Waals surface area (Å²) in [5.41, 5.74) is 1.29. The van der Waals surface area contributed by atoms with Crippen molar-refractivity contribution >= 4 is 5.82 Å². The van der Waals surface area contributed by atoms with Crippen molar-refractivity contribution in [2.75, 3.05) is 11.9 Å². The first-order chi connectivity index (χ1) is 4.47. The molecule has 0 atom stereocenters. The van der Waals surface area contributed by atoms with E-state index in [1.165, 1.54) is 5.56 Å². The molecule has 0 saturated heterocycles. The van der Waals surface area contributed by atoms with Gasteiger partial charge in [0.15, 0.2) is 0 Å². The molecule has 0 unspecified atom stereocenters. The van der Waals surface area contributed by atoms with Gasteiger partial charge < -0.3 is 5.32 Å². The number of fused-ring (bicyclic) bond motifs is 1. The van der Waals surface area contributed by atoms with Crippen LogP contribution < -0.4 is 5.32 Å². The topological polar surface area (TPSA) is 24.9 Å². The average molecular weight is 119 g/mol. The summed E-state index contributed by atoms with van der Waals surface area (Å²) in [5.74, 6) is 1.04. The lowest BCUT2D eigenvalue weighted by Gasteiger charge is -1.92. The van der Waals surface area contributed by atoms with Crippen LogP contribution in [0.1, 0.15) is 5.56 Å². The number of hydrogen-bond donors (Lipinski definition) is 1.